The van der Waals surface area contributed by atoms with Gasteiger partial charge >= 0.3 is 4.87 Å². The molecule has 0 aliphatic heterocycles. The van der Waals surface area contributed by atoms with E-state index in [1.165, 1.54) is 5.56 Å². The number of amides is 1. The first-order valence-electron chi connectivity index (χ1n) is 8.53. The maximum atomic E-state index is 12.5. The highest BCUT2D eigenvalue weighted by molar-refractivity contribution is 7.11. The van der Waals surface area contributed by atoms with Crippen molar-refractivity contribution >= 4 is 17.2 Å². The zero-order valence-corrected chi connectivity index (χ0v) is 16.0. The quantitative estimate of drug-likeness (QED) is 0.746. The molecule has 0 radical (unpaired) electrons. The van der Waals surface area contributed by atoms with Gasteiger partial charge in [-0.25, -0.2) is 0 Å². The summed E-state index contributed by atoms with van der Waals surface area (Å²) >= 11 is 1.01. The number of aryl methyl sites for hydroxylation is 2. The zero-order chi connectivity index (χ0) is 18.7. The first-order valence-corrected chi connectivity index (χ1v) is 9.35. The summed E-state index contributed by atoms with van der Waals surface area (Å²) in [5.41, 5.74) is 5.14. The van der Waals surface area contributed by atoms with Crippen molar-refractivity contribution < 1.29 is 4.79 Å². The lowest BCUT2D eigenvalue weighted by Crippen LogP contribution is -2.23. The molecule has 134 valence electrons. The van der Waals surface area contributed by atoms with Gasteiger partial charge in [-0.05, 0) is 31.9 Å². The number of rotatable bonds is 5. The molecule has 0 fully saturated rings. The summed E-state index contributed by atoms with van der Waals surface area (Å²) < 4.78 is 1.66. The lowest BCUT2D eigenvalue weighted by Gasteiger charge is -2.08. The number of hydrogen-bond acceptors (Lipinski definition) is 3. The highest BCUT2D eigenvalue weighted by Crippen LogP contribution is 2.14. The molecule has 0 saturated carbocycles. The van der Waals surface area contributed by atoms with Crippen LogP contribution in [0, 0.1) is 20.8 Å². The first kappa shape index (κ1) is 18.1. The van der Waals surface area contributed by atoms with E-state index >= 15 is 0 Å². The van der Waals surface area contributed by atoms with Crippen LogP contribution >= 0.6 is 11.3 Å². The second kappa shape index (κ2) is 7.70. The van der Waals surface area contributed by atoms with Crippen molar-refractivity contribution in [2.24, 2.45) is 0 Å². The van der Waals surface area contributed by atoms with Crippen LogP contribution in [0.25, 0.3) is 0 Å². The molecular weight excluding hydrogens is 344 g/mol. The van der Waals surface area contributed by atoms with E-state index in [4.69, 9.17) is 0 Å². The number of benzene rings is 2. The SMILES string of the molecule is Cc1ccc(Cn2c(C)c(C(=O)NCc3cccc(C)c3)sc2=O)cc1. The van der Waals surface area contributed by atoms with Crippen LogP contribution < -0.4 is 10.2 Å². The van der Waals surface area contributed by atoms with Crippen molar-refractivity contribution in [1.82, 2.24) is 9.88 Å². The summed E-state index contributed by atoms with van der Waals surface area (Å²) in [5.74, 6) is -0.200. The monoisotopic (exact) mass is 366 g/mol. The van der Waals surface area contributed by atoms with Crippen molar-refractivity contribution in [2.75, 3.05) is 0 Å². The van der Waals surface area contributed by atoms with Gasteiger partial charge < -0.3 is 5.32 Å². The fraction of sp³-hybridized carbons (Fsp3) is 0.238. The Morgan fingerprint density at radius 1 is 1.00 bits per heavy atom. The summed E-state index contributed by atoms with van der Waals surface area (Å²) in [6.07, 6.45) is 0. The number of nitrogens with zero attached hydrogens (tertiary/aromatic N) is 1. The molecule has 1 heterocycles. The van der Waals surface area contributed by atoms with Crippen LogP contribution in [0.4, 0.5) is 0 Å². The smallest absolute Gasteiger partial charge is 0.308 e. The minimum absolute atomic E-state index is 0.108. The lowest BCUT2D eigenvalue weighted by atomic mass is 10.1. The molecule has 0 spiro atoms. The summed E-state index contributed by atoms with van der Waals surface area (Å²) in [6.45, 7) is 6.80. The van der Waals surface area contributed by atoms with Crippen molar-refractivity contribution in [3.8, 4) is 0 Å². The van der Waals surface area contributed by atoms with Gasteiger partial charge in [0.2, 0.25) is 0 Å². The van der Waals surface area contributed by atoms with Crippen LogP contribution in [-0.4, -0.2) is 10.5 Å². The Morgan fingerprint density at radius 2 is 1.73 bits per heavy atom. The van der Waals surface area contributed by atoms with Crippen molar-refractivity contribution in [1.29, 1.82) is 0 Å². The van der Waals surface area contributed by atoms with Gasteiger partial charge in [-0.15, -0.1) is 0 Å². The number of carbonyl (C=O) groups excluding carboxylic acids is 1. The third kappa shape index (κ3) is 4.11. The maximum absolute atomic E-state index is 12.5. The van der Waals surface area contributed by atoms with Gasteiger partial charge in [-0.1, -0.05) is 71.0 Å². The molecule has 0 aliphatic rings. The van der Waals surface area contributed by atoms with Crippen LogP contribution in [0.2, 0.25) is 0 Å². The van der Waals surface area contributed by atoms with E-state index in [0.29, 0.717) is 23.7 Å². The summed E-state index contributed by atoms with van der Waals surface area (Å²) in [7, 11) is 0. The standard InChI is InChI=1S/C21H22N2O2S/c1-14-7-9-17(10-8-14)13-23-16(3)19(26-21(23)25)20(24)22-12-18-6-4-5-15(2)11-18/h4-11H,12-13H2,1-3H3,(H,22,24). The molecule has 3 rings (SSSR count). The highest BCUT2D eigenvalue weighted by atomic mass is 32.1. The van der Waals surface area contributed by atoms with E-state index in [2.05, 4.69) is 5.32 Å². The number of aromatic nitrogens is 1. The molecule has 4 nitrogen and oxygen atoms in total. The molecule has 3 aromatic rings. The van der Waals surface area contributed by atoms with Crippen LogP contribution in [0.5, 0.6) is 0 Å². The van der Waals surface area contributed by atoms with Crippen molar-refractivity contribution in [3.05, 3.63) is 91.0 Å². The molecule has 1 aromatic heterocycles. The summed E-state index contributed by atoms with van der Waals surface area (Å²) in [6, 6.07) is 16.1. The Kier molecular flexibility index (Phi) is 5.38. The lowest BCUT2D eigenvalue weighted by molar-refractivity contribution is 0.0954. The minimum atomic E-state index is -0.200. The Bertz CT molecular complexity index is 984. The molecule has 26 heavy (non-hydrogen) atoms. The van der Waals surface area contributed by atoms with Crippen LogP contribution in [0.15, 0.2) is 53.3 Å². The predicted molar refractivity (Wildman–Crippen MR) is 106 cm³/mol. The van der Waals surface area contributed by atoms with E-state index in [9.17, 15) is 9.59 Å². The van der Waals surface area contributed by atoms with Crippen molar-refractivity contribution in [3.63, 3.8) is 0 Å². The average Bonchev–Trinajstić information content (AvgIpc) is 2.90. The third-order valence-corrected chi connectivity index (χ3v) is 5.43. The molecule has 0 bridgehead atoms. The highest BCUT2D eigenvalue weighted by Gasteiger charge is 2.17. The maximum Gasteiger partial charge on any atom is 0.308 e. The second-order valence-electron chi connectivity index (χ2n) is 6.53. The van der Waals surface area contributed by atoms with Gasteiger partial charge in [0.1, 0.15) is 4.88 Å². The summed E-state index contributed by atoms with van der Waals surface area (Å²) in [5, 5.41) is 2.91. The Balaban J connectivity index is 1.75. The number of nitrogens with one attached hydrogen (secondary N) is 1. The fourth-order valence-corrected chi connectivity index (χ4v) is 3.74. The predicted octanol–water partition coefficient (Wildman–Crippen LogP) is 3.81. The van der Waals surface area contributed by atoms with Gasteiger partial charge in [0.15, 0.2) is 0 Å². The second-order valence-corrected chi connectivity index (χ2v) is 7.49. The minimum Gasteiger partial charge on any atom is -0.347 e. The van der Waals surface area contributed by atoms with Gasteiger partial charge in [0, 0.05) is 12.2 Å². The average molecular weight is 366 g/mol. The van der Waals surface area contributed by atoms with E-state index in [-0.39, 0.29) is 10.8 Å². The molecule has 1 N–H and O–H groups in total. The number of hydrogen-bond donors (Lipinski definition) is 1. The number of thiazole rings is 1. The fourth-order valence-electron chi connectivity index (χ4n) is 2.83. The van der Waals surface area contributed by atoms with Gasteiger partial charge in [-0.2, -0.15) is 0 Å². The van der Waals surface area contributed by atoms with Gasteiger partial charge in [0.25, 0.3) is 5.91 Å². The Labute approximate surface area is 157 Å². The molecule has 0 aliphatic carbocycles. The molecule has 0 unspecified atom stereocenters. The zero-order valence-electron chi connectivity index (χ0n) is 15.2. The molecule has 5 heteroatoms. The Hall–Kier alpha value is -2.66. The molecule has 1 amide bonds. The largest absolute Gasteiger partial charge is 0.347 e. The van der Waals surface area contributed by atoms with E-state index < -0.39 is 0 Å². The topological polar surface area (TPSA) is 51.1 Å². The molecule has 0 saturated heterocycles. The molecular formula is C21H22N2O2S. The molecule has 2 aromatic carbocycles. The number of carbonyl (C=O) groups is 1. The van der Waals surface area contributed by atoms with E-state index in [1.54, 1.807) is 4.57 Å². The molecule has 0 atom stereocenters. The first-order chi connectivity index (χ1) is 12.4. The van der Waals surface area contributed by atoms with Gasteiger partial charge in [-0.3, -0.25) is 14.2 Å². The normalized spacial score (nSPS) is 10.7. The van der Waals surface area contributed by atoms with Crippen molar-refractivity contribution in [2.45, 2.75) is 33.9 Å². The Morgan fingerprint density at radius 3 is 2.42 bits per heavy atom. The van der Waals surface area contributed by atoms with E-state index in [0.717, 1.165) is 28.0 Å². The van der Waals surface area contributed by atoms with Crippen LogP contribution in [0.1, 0.15) is 37.6 Å². The third-order valence-electron chi connectivity index (χ3n) is 4.35. The van der Waals surface area contributed by atoms with E-state index in [1.807, 2.05) is 69.3 Å². The van der Waals surface area contributed by atoms with Crippen LogP contribution in [-0.2, 0) is 13.1 Å². The van der Waals surface area contributed by atoms with Crippen LogP contribution in [0.3, 0.4) is 0 Å². The van der Waals surface area contributed by atoms with Gasteiger partial charge in [0.05, 0.1) is 6.54 Å². The summed E-state index contributed by atoms with van der Waals surface area (Å²) in [4.78, 5) is 25.3.